The van der Waals surface area contributed by atoms with Crippen LogP contribution in [0.5, 0.6) is 0 Å². The highest BCUT2D eigenvalue weighted by molar-refractivity contribution is 5.96. The molecule has 0 aromatic heterocycles. The molecule has 0 saturated carbocycles. The van der Waals surface area contributed by atoms with Crippen LogP contribution in [-0.4, -0.2) is 49.4 Å². The number of carbonyl (C=O) groups is 2. The predicted octanol–water partition coefficient (Wildman–Crippen LogP) is 0.547. The molecule has 0 aliphatic carbocycles. The van der Waals surface area contributed by atoms with E-state index in [4.69, 9.17) is 0 Å². The molecule has 0 bridgehead atoms. The van der Waals surface area contributed by atoms with Crippen molar-refractivity contribution in [3.8, 4) is 0 Å². The quantitative estimate of drug-likeness (QED) is 0.847. The van der Waals surface area contributed by atoms with Crippen molar-refractivity contribution >= 4 is 11.8 Å². The zero-order valence-electron chi connectivity index (χ0n) is 11.8. The molecule has 1 aliphatic heterocycles. The zero-order valence-corrected chi connectivity index (χ0v) is 11.8. The fraction of sp³-hybridized carbons (Fsp3) is 0.467. The molecule has 1 saturated heterocycles. The van der Waals surface area contributed by atoms with Gasteiger partial charge >= 0.3 is 0 Å². The van der Waals surface area contributed by atoms with E-state index in [2.05, 4.69) is 10.6 Å². The lowest BCUT2D eigenvalue weighted by Crippen LogP contribution is -2.41. The summed E-state index contributed by atoms with van der Waals surface area (Å²) in [4.78, 5) is 25.8. The number of benzene rings is 1. The molecule has 108 valence electrons. The monoisotopic (exact) mass is 275 g/mol. The summed E-state index contributed by atoms with van der Waals surface area (Å²) in [6.07, 6.45) is 0.956. The van der Waals surface area contributed by atoms with Gasteiger partial charge in [0.1, 0.15) is 0 Å². The van der Waals surface area contributed by atoms with Crippen molar-refractivity contribution in [1.82, 2.24) is 15.5 Å². The van der Waals surface area contributed by atoms with E-state index in [1.54, 1.807) is 11.0 Å². The average Bonchev–Trinajstić information content (AvgIpc) is 2.73. The molecule has 1 fully saturated rings. The van der Waals surface area contributed by atoms with Gasteiger partial charge in [-0.15, -0.1) is 0 Å². The van der Waals surface area contributed by atoms with Crippen LogP contribution in [0.25, 0.3) is 0 Å². The van der Waals surface area contributed by atoms with Gasteiger partial charge in [0.25, 0.3) is 5.91 Å². The van der Waals surface area contributed by atoms with Crippen molar-refractivity contribution in [3.63, 3.8) is 0 Å². The number of nitrogens with one attached hydrogen (secondary N) is 2. The maximum absolute atomic E-state index is 12.0. The number of amides is 2. The first-order valence-electron chi connectivity index (χ1n) is 7.00. The van der Waals surface area contributed by atoms with E-state index in [0.29, 0.717) is 12.1 Å². The van der Waals surface area contributed by atoms with E-state index >= 15 is 0 Å². The third-order valence-electron chi connectivity index (χ3n) is 3.37. The Bertz CT molecular complexity index is 480. The van der Waals surface area contributed by atoms with Crippen molar-refractivity contribution in [1.29, 1.82) is 0 Å². The Morgan fingerprint density at radius 3 is 2.95 bits per heavy atom. The summed E-state index contributed by atoms with van der Waals surface area (Å²) < 4.78 is 0. The van der Waals surface area contributed by atoms with Gasteiger partial charge in [0.15, 0.2) is 0 Å². The van der Waals surface area contributed by atoms with E-state index in [-0.39, 0.29) is 18.4 Å². The highest BCUT2D eigenvalue weighted by Gasteiger charge is 2.16. The summed E-state index contributed by atoms with van der Waals surface area (Å²) >= 11 is 0. The van der Waals surface area contributed by atoms with Crippen molar-refractivity contribution in [2.45, 2.75) is 13.3 Å². The standard InChI is InChI=1S/C15H21N3O2/c1-12-4-2-5-13(10-12)15(20)17-11-14(19)18-8-3-6-16-7-9-18/h2,4-5,10,16H,3,6-9,11H2,1H3,(H,17,20). The molecule has 5 nitrogen and oxygen atoms in total. The van der Waals surface area contributed by atoms with Crippen molar-refractivity contribution < 1.29 is 9.59 Å². The molecule has 1 heterocycles. The molecule has 1 aromatic rings. The summed E-state index contributed by atoms with van der Waals surface area (Å²) in [7, 11) is 0. The van der Waals surface area contributed by atoms with Gasteiger partial charge in [0.2, 0.25) is 5.91 Å². The van der Waals surface area contributed by atoms with Crippen LogP contribution in [0.4, 0.5) is 0 Å². The second kappa shape index (κ2) is 7.05. The topological polar surface area (TPSA) is 61.4 Å². The van der Waals surface area contributed by atoms with Crippen LogP contribution in [0, 0.1) is 6.92 Å². The lowest BCUT2D eigenvalue weighted by Gasteiger charge is -2.20. The molecule has 5 heteroatoms. The summed E-state index contributed by atoms with van der Waals surface area (Å²) in [6, 6.07) is 7.34. The second-order valence-corrected chi connectivity index (χ2v) is 5.04. The molecule has 2 amide bonds. The van der Waals surface area contributed by atoms with Crippen molar-refractivity contribution in [2.75, 3.05) is 32.7 Å². The zero-order chi connectivity index (χ0) is 14.4. The van der Waals surface area contributed by atoms with Gasteiger partial charge in [-0.05, 0) is 32.0 Å². The third-order valence-corrected chi connectivity index (χ3v) is 3.37. The van der Waals surface area contributed by atoms with Crippen LogP contribution in [0.2, 0.25) is 0 Å². The van der Waals surface area contributed by atoms with Crippen LogP contribution in [0.1, 0.15) is 22.3 Å². The molecule has 20 heavy (non-hydrogen) atoms. The molecule has 0 atom stereocenters. The van der Waals surface area contributed by atoms with Crippen LogP contribution in [0.15, 0.2) is 24.3 Å². The minimum Gasteiger partial charge on any atom is -0.343 e. The first-order chi connectivity index (χ1) is 9.66. The van der Waals surface area contributed by atoms with Gasteiger partial charge in [-0.25, -0.2) is 0 Å². The van der Waals surface area contributed by atoms with E-state index in [9.17, 15) is 9.59 Å². The Morgan fingerprint density at radius 2 is 2.15 bits per heavy atom. The summed E-state index contributed by atoms with van der Waals surface area (Å²) in [6.45, 7) is 5.22. The highest BCUT2D eigenvalue weighted by atomic mass is 16.2. The number of aryl methyl sites for hydroxylation is 1. The number of carbonyl (C=O) groups excluding carboxylic acids is 2. The fourth-order valence-electron chi connectivity index (χ4n) is 2.25. The van der Waals surface area contributed by atoms with Gasteiger partial charge in [0.05, 0.1) is 6.54 Å². The Kier molecular flexibility index (Phi) is 5.12. The van der Waals surface area contributed by atoms with Gasteiger partial charge in [-0.3, -0.25) is 9.59 Å². The fourth-order valence-corrected chi connectivity index (χ4v) is 2.25. The predicted molar refractivity (Wildman–Crippen MR) is 77.6 cm³/mol. The van der Waals surface area contributed by atoms with E-state index in [1.807, 2.05) is 25.1 Å². The minimum atomic E-state index is -0.199. The summed E-state index contributed by atoms with van der Waals surface area (Å²) in [5, 5.41) is 5.94. The summed E-state index contributed by atoms with van der Waals surface area (Å²) in [5.41, 5.74) is 1.62. The molecule has 0 unspecified atom stereocenters. The lowest BCUT2D eigenvalue weighted by atomic mass is 10.1. The average molecular weight is 275 g/mol. The molecule has 0 radical (unpaired) electrons. The first-order valence-corrected chi connectivity index (χ1v) is 7.00. The van der Waals surface area contributed by atoms with Crippen LogP contribution < -0.4 is 10.6 Å². The smallest absolute Gasteiger partial charge is 0.251 e. The van der Waals surface area contributed by atoms with E-state index in [1.165, 1.54) is 0 Å². The van der Waals surface area contributed by atoms with Crippen LogP contribution >= 0.6 is 0 Å². The largest absolute Gasteiger partial charge is 0.343 e. The van der Waals surface area contributed by atoms with Gasteiger partial charge < -0.3 is 15.5 Å². The maximum Gasteiger partial charge on any atom is 0.251 e. The van der Waals surface area contributed by atoms with Crippen molar-refractivity contribution in [2.24, 2.45) is 0 Å². The Morgan fingerprint density at radius 1 is 1.30 bits per heavy atom. The van der Waals surface area contributed by atoms with Gasteiger partial charge in [-0.1, -0.05) is 17.7 Å². The molecule has 1 aromatic carbocycles. The van der Waals surface area contributed by atoms with Crippen LogP contribution in [-0.2, 0) is 4.79 Å². The minimum absolute atomic E-state index is 0.0188. The summed E-state index contributed by atoms with van der Waals surface area (Å²) in [5.74, 6) is -0.218. The van der Waals surface area contributed by atoms with Gasteiger partial charge in [-0.2, -0.15) is 0 Å². The Labute approximate surface area is 119 Å². The lowest BCUT2D eigenvalue weighted by molar-refractivity contribution is -0.129. The molecular formula is C15H21N3O2. The molecule has 2 N–H and O–H groups in total. The molecular weight excluding hydrogens is 254 g/mol. The van der Waals surface area contributed by atoms with Crippen molar-refractivity contribution in [3.05, 3.63) is 35.4 Å². The molecule has 1 aliphatic rings. The second-order valence-electron chi connectivity index (χ2n) is 5.04. The van der Waals surface area contributed by atoms with Crippen LogP contribution in [0.3, 0.4) is 0 Å². The number of nitrogens with zero attached hydrogens (tertiary/aromatic N) is 1. The highest BCUT2D eigenvalue weighted by Crippen LogP contribution is 2.03. The Hall–Kier alpha value is -1.88. The SMILES string of the molecule is Cc1cccc(C(=O)NCC(=O)N2CCCNCC2)c1. The molecule has 0 spiro atoms. The normalized spacial score (nSPS) is 15.6. The third kappa shape index (κ3) is 4.06. The Balaban J connectivity index is 1.84. The maximum atomic E-state index is 12.0. The van der Waals surface area contributed by atoms with E-state index < -0.39 is 0 Å². The molecule has 2 rings (SSSR count). The number of hydrogen-bond acceptors (Lipinski definition) is 3. The first kappa shape index (κ1) is 14.5. The van der Waals surface area contributed by atoms with Gasteiger partial charge in [0, 0.05) is 25.2 Å². The number of hydrogen-bond donors (Lipinski definition) is 2. The van der Waals surface area contributed by atoms with E-state index in [0.717, 1.165) is 31.6 Å². The number of rotatable bonds is 3.